The van der Waals surface area contributed by atoms with Gasteiger partial charge in [-0.1, -0.05) is 24.3 Å². The smallest absolute Gasteiger partial charge is 0.123 e. The summed E-state index contributed by atoms with van der Waals surface area (Å²) in [4.78, 5) is 0. The first-order chi connectivity index (χ1) is 9.81. The Morgan fingerprint density at radius 2 is 1.60 bits per heavy atom. The minimum Gasteiger partial charge on any atom is -0.489 e. The molecule has 20 heavy (non-hydrogen) atoms. The van der Waals surface area contributed by atoms with E-state index in [2.05, 4.69) is 12.1 Å². The highest BCUT2D eigenvalue weighted by Gasteiger charge is 2.17. The Morgan fingerprint density at radius 1 is 0.950 bits per heavy atom. The molecule has 1 nitrogen and oxygen atoms in total. The Labute approximate surface area is 126 Å². The van der Waals surface area contributed by atoms with Gasteiger partial charge in [0.1, 0.15) is 18.2 Å². The van der Waals surface area contributed by atoms with E-state index in [0.29, 0.717) is 11.2 Å². The minimum atomic E-state index is -0.218. The van der Waals surface area contributed by atoms with Crippen molar-refractivity contribution in [1.82, 2.24) is 0 Å². The highest BCUT2D eigenvalue weighted by molar-refractivity contribution is 8.19. The van der Waals surface area contributed by atoms with Crippen LogP contribution in [-0.2, 0) is 6.61 Å². The number of rotatable bonds is 4. The van der Waals surface area contributed by atoms with E-state index in [0.717, 1.165) is 11.3 Å². The van der Waals surface area contributed by atoms with E-state index in [-0.39, 0.29) is 5.82 Å². The maximum absolute atomic E-state index is 12.8. The Bertz CT molecular complexity index is 548. The molecule has 1 saturated heterocycles. The van der Waals surface area contributed by atoms with Crippen molar-refractivity contribution in [3.05, 3.63) is 65.5 Å². The first-order valence-corrected chi connectivity index (χ1v) is 8.61. The second-order valence-electron chi connectivity index (χ2n) is 4.56. The van der Waals surface area contributed by atoms with Crippen LogP contribution in [0.2, 0.25) is 0 Å². The second kappa shape index (κ2) is 6.55. The van der Waals surface area contributed by atoms with Crippen molar-refractivity contribution in [2.75, 3.05) is 11.5 Å². The van der Waals surface area contributed by atoms with Crippen molar-refractivity contribution in [3.8, 4) is 5.75 Å². The summed E-state index contributed by atoms with van der Waals surface area (Å²) in [6.45, 7) is 0.465. The van der Waals surface area contributed by atoms with E-state index in [9.17, 15) is 4.39 Å². The average Bonchev–Trinajstić information content (AvgIpc) is 3.01. The number of thioether (sulfide) groups is 2. The number of halogens is 1. The van der Waals surface area contributed by atoms with E-state index in [4.69, 9.17) is 4.74 Å². The molecule has 0 bridgehead atoms. The third-order valence-electron chi connectivity index (χ3n) is 3.09. The van der Waals surface area contributed by atoms with Crippen LogP contribution in [-0.4, -0.2) is 11.5 Å². The van der Waals surface area contributed by atoms with Gasteiger partial charge in [0, 0.05) is 11.5 Å². The maximum atomic E-state index is 12.8. The van der Waals surface area contributed by atoms with Crippen LogP contribution < -0.4 is 4.74 Å². The lowest BCUT2D eigenvalue weighted by atomic mass is 10.2. The average molecular weight is 306 g/mol. The lowest BCUT2D eigenvalue weighted by molar-refractivity contribution is 0.306. The van der Waals surface area contributed by atoms with Crippen LogP contribution >= 0.6 is 23.5 Å². The Balaban J connectivity index is 1.59. The van der Waals surface area contributed by atoms with E-state index in [1.54, 1.807) is 12.1 Å². The molecule has 0 saturated carbocycles. The van der Waals surface area contributed by atoms with Crippen molar-refractivity contribution in [2.45, 2.75) is 11.2 Å². The largest absolute Gasteiger partial charge is 0.489 e. The first-order valence-electron chi connectivity index (χ1n) is 6.52. The van der Waals surface area contributed by atoms with Crippen LogP contribution in [0.5, 0.6) is 5.75 Å². The van der Waals surface area contributed by atoms with Gasteiger partial charge in [0.15, 0.2) is 0 Å². The van der Waals surface area contributed by atoms with Gasteiger partial charge in [-0.05, 0) is 35.4 Å². The molecule has 0 aliphatic carbocycles. The summed E-state index contributed by atoms with van der Waals surface area (Å²) in [5, 5.41) is 0. The fraction of sp³-hybridized carbons (Fsp3) is 0.250. The van der Waals surface area contributed by atoms with Crippen molar-refractivity contribution >= 4 is 23.5 Å². The Morgan fingerprint density at radius 3 is 2.25 bits per heavy atom. The third kappa shape index (κ3) is 3.49. The van der Waals surface area contributed by atoms with Crippen LogP contribution in [0.15, 0.2) is 48.5 Å². The van der Waals surface area contributed by atoms with Gasteiger partial charge in [-0.25, -0.2) is 4.39 Å². The quantitative estimate of drug-likeness (QED) is 0.796. The molecule has 2 aromatic carbocycles. The van der Waals surface area contributed by atoms with Gasteiger partial charge < -0.3 is 4.74 Å². The van der Waals surface area contributed by atoms with E-state index in [1.165, 1.54) is 29.2 Å². The molecule has 0 unspecified atom stereocenters. The number of hydrogen-bond donors (Lipinski definition) is 0. The van der Waals surface area contributed by atoms with Gasteiger partial charge in [0.2, 0.25) is 0 Å². The van der Waals surface area contributed by atoms with Crippen molar-refractivity contribution in [1.29, 1.82) is 0 Å². The Kier molecular flexibility index (Phi) is 4.53. The molecule has 0 radical (unpaired) electrons. The minimum absolute atomic E-state index is 0.218. The number of ether oxygens (including phenoxy) is 1. The molecule has 4 heteroatoms. The van der Waals surface area contributed by atoms with E-state index in [1.807, 2.05) is 35.7 Å². The standard InChI is InChI=1S/C16H15FOS2/c17-14-5-1-12(2-6-14)11-18-15-7-3-13(4-8-15)16-19-9-10-20-16/h1-8,16H,9-11H2. The van der Waals surface area contributed by atoms with Crippen LogP contribution in [0.25, 0.3) is 0 Å². The zero-order valence-electron chi connectivity index (χ0n) is 10.9. The predicted molar refractivity (Wildman–Crippen MR) is 84.8 cm³/mol. The highest BCUT2D eigenvalue weighted by atomic mass is 32.2. The van der Waals surface area contributed by atoms with Gasteiger partial charge in [-0.3, -0.25) is 0 Å². The molecule has 0 amide bonds. The summed E-state index contributed by atoms with van der Waals surface area (Å²) in [5.74, 6) is 3.10. The summed E-state index contributed by atoms with van der Waals surface area (Å²) in [5.41, 5.74) is 2.32. The number of hydrogen-bond acceptors (Lipinski definition) is 3. The highest BCUT2D eigenvalue weighted by Crippen LogP contribution is 2.45. The molecule has 104 valence electrons. The molecular weight excluding hydrogens is 291 g/mol. The normalized spacial score (nSPS) is 15.4. The molecule has 1 heterocycles. The summed E-state index contributed by atoms with van der Waals surface area (Å²) in [6, 6.07) is 14.7. The Hall–Kier alpha value is -1.13. The molecule has 0 N–H and O–H groups in total. The fourth-order valence-corrected chi connectivity index (χ4v) is 4.88. The molecule has 2 aromatic rings. The van der Waals surface area contributed by atoms with E-state index < -0.39 is 0 Å². The summed E-state index contributed by atoms with van der Waals surface area (Å²) >= 11 is 4.00. The monoisotopic (exact) mass is 306 g/mol. The third-order valence-corrected chi connectivity index (χ3v) is 6.20. The van der Waals surface area contributed by atoms with Crippen LogP contribution in [0, 0.1) is 5.82 Å². The molecular formula is C16H15FOS2. The van der Waals surface area contributed by atoms with Crippen LogP contribution in [0.3, 0.4) is 0 Å². The lowest BCUT2D eigenvalue weighted by Crippen LogP contribution is -1.95. The summed E-state index contributed by atoms with van der Waals surface area (Å²) in [6.07, 6.45) is 0. The van der Waals surface area contributed by atoms with Gasteiger partial charge in [-0.15, -0.1) is 23.5 Å². The maximum Gasteiger partial charge on any atom is 0.123 e. The lowest BCUT2D eigenvalue weighted by Gasteiger charge is -2.10. The molecule has 3 rings (SSSR count). The van der Waals surface area contributed by atoms with Crippen LogP contribution in [0.4, 0.5) is 4.39 Å². The van der Waals surface area contributed by atoms with Crippen molar-refractivity contribution < 1.29 is 9.13 Å². The topological polar surface area (TPSA) is 9.23 Å². The molecule has 0 spiro atoms. The zero-order valence-corrected chi connectivity index (χ0v) is 12.6. The molecule has 1 aliphatic rings. The molecule has 1 aliphatic heterocycles. The van der Waals surface area contributed by atoms with Crippen molar-refractivity contribution in [2.24, 2.45) is 0 Å². The van der Waals surface area contributed by atoms with Gasteiger partial charge in [-0.2, -0.15) is 0 Å². The number of benzene rings is 2. The summed E-state index contributed by atoms with van der Waals surface area (Å²) < 4.78 is 19.1. The first kappa shape index (κ1) is 13.8. The zero-order chi connectivity index (χ0) is 13.8. The van der Waals surface area contributed by atoms with Crippen LogP contribution in [0.1, 0.15) is 15.7 Å². The fourth-order valence-electron chi connectivity index (χ4n) is 2.02. The predicted octanol–water partition coefficient (Wildman–Crippen LogP) is 4.88. The van der Waals surface area contributed by atoms with Gasteiger partial charge in [0.05, 0.1) is 4.58 Å². The van der Waals surface area contributed by atoms with E-state index >= 15 is 0 Å². The second-order valence-corrected chi connectivity index (χ2v) is 7.28. The summed E-state index contributed by atoms with van der Waals surface area (Å²) in [7, 11) is 0. The molecule has 0 aromatic heterocycles. The molecule has 0 atom stereocenters. The van der Waals surface area contributed by atoms with Crippen molar-refractivity contribution in [3.63, 3.8) is 0 Å². The van der Waals surface area contributed by atoms with Gasteiger partial charge >= 0.3 is 0 Å². The SMILES string of the molecule is Fc1ccc(COc2ccc(C3SCCS3)cc2)cc1. The molecule has 1 fully saturated rings. The van der Waals surface area contributed by atoms with Gasteiger partial charge in [0.25, 0.3) is 0 Å².